The lowest BCUT2D eigenvalue weighted by molar-refractivity contribution is -0.175. The molecule has 0 amide bonds. The average molecular weight is 208 g/mol. The first-order chi connectivity index (χ1) is 7.11. The van der Waals surface area contributed by atoms with E-state index in [4.69, 9.17) is 10.2 Å². The monoisotopic (exact) mass is 208 g/mol. The highest BCUT2D eigenvalue weighted by Gasteiger charge is 2.66. The van der Waals surface area contributed by atoms with Crippen LogP contribution in [0, 0.1) is 35.5 Å². The number of carbonyl (C=O) groups is 2. The summed E-state index contributed by atoms with van der Waals surface area (Å²) in [5, 5.41) is 18.1. The van der Waals surface area contributed by atoms with Crippen LogP contribution in [0.4, 0.5) is 0 Å². The molecule has 0 aromatic rings. The Morgan fingerprint density at radius 3 is 1.67 bits per heavy atom. The van der Waals surface area contributed by atoms with Crippen molar-refractivity contribution in [2.45, 2.75) is 6.42 Å². The molecule has 2 saturated carbocycles. The standard InChI is InChI=1S/C11H12O4/c12-10(13)8-6-4-1-2-5(3-4)7(6)9(8)11(14)15/h1-2,4-9H,3H2,(H,12,13)(H,14,15)/t4?,5?,6?,7?,8-,9-/m1/s1. The van der Waals surface area contributed by atoms with Gasteiger partial charge in [0.1, 0.15) is 0 Å². The zero-order valence-corrected chi connectivity index (χ0v) is 8.04. The summed E-state index contributed by atoms with van der Waals surface area (Å²) >= 11 is 0. The first-order valence-electron chi connectivity index (χ1n) is 5.25. The van der Waals surface area contributed by atoms with E-state index in [0.29, 0.717) is 11.8 Å². The minimum atomic E-state index is -0.940. The van der Waals surface area contributed by atoms with Crippen molar-refractivity contribution in [3.63, 3.8) is 0 Å². The van der Waals surface area contributed by atoms with E-state index in [9.17, 15) is 9.59 Å². The summed E-state index contributed by atoms with van der Waals surface area (Å²) in [6.07, 6.45) is 5.10. The topological polar surface area (TPSA) is 74.6 Å². The van der Waals surface area contributed by atoms with Crippen molar-refractivity contribution in [3.05, 3.63) is 12.2 Å². The Morgan fingerprint density at radius 1 is 0.933 bits per heavy atom. The number of aliphatic carboxylic acids is 2. The molecule has 6 atom stereocenters. The fourth-order valence-electron chi connectivity index (χ4n) is 3.88. The third kappa shape index (κ3) is 0.919. The minimum absolute atomic E-state index is 0.0820. The van der Waals surface area contributed by atoms with Crippen LogP contribution in [0.25, 0.3) is 0 Å². The first-order valence-corrected chi connectivity index (χ1v) is 5.25. The van der Waals surface area contributed by atoms with Crippen molar-refractivity contribution in [2.24, 2.45) is 35.5 Å². The average Bonchev–Trinajstić information content (AvgIpc) is 2.58. The summed E-state index contributed by atoms with van der Waals surface area (Å²) in [6.45, 7) is 0. The lowest BCUT2D eigenvalue weighted by Gasteiger charge is -2.48. The van der Waals surface area contributed by atoms with Crippen LogP contribution in [0.15, 0.2) is 12.2 Å². The third-order valence-electron chi connectivity index (χ3n) is 4.37. The molecule has 3 aliphatic rings. The predicted molar refractivity (Wildman–Crippen MR) is 50.0 cm³/mol. The molecule has 15 heavy (non-hydrogen) atoms. The molecular formula is C11H12O4. The van der Waals surface area contributed by atoms with Gasteiger partial charge >= 0.3 is 11.9 Å². The van der Waals surface area contributed by atoms with Crippen LogP contribution in [-0.2, 0) is 9.59 Å². The van der Waals surface area contributed by atoms with Crippen molar-refractivity contribution in [1.29, 1.82) is 0 Å². The van der Waals surface area contributed by atoms with Crippen LogP contribution < -0.4 is 0 Å². The molecule has 3 aliphatic carbocycles. The lowest BCUT2D eigenvalue weighted by Crippen LogP contribution is -2.55. The summed E-state index contributed by atoms with van der Waals surface area (Å²) < 4.78 is 0. The highest BCUT2D eigenvalue weighted by Crippen LogP contribution is 2.63. The summed E-state index contributed by atoms with van der Waals surface area (Å²) in [7, 11) is 0. The van der Waals surface area contributed by atoms with Gasteiger partial charge in [0.2, 0.25) is 0 Å². The predicted octanol–water partition coefficient (Wildman–Crippen LogP) is 0.840. The molecule has 4 nitrogen and oxygen atoms in total. The summed E-state index contributed by atoms with van der Waals surface area (Å²) in [5.41, 5.74) is 0. The molecule has 0 aromatic carbocycles. The number of carboxylic acid groups (broad SMARTS) is 2. The minimum Gasteiger partial charge on any atom is -0.481 e. The lowest BCUT2D eigenvalue weighted by atomic mass is 9.53. The fourth-order valence-corrected chi connectivity index (χ4v) is 3.88. The van der Waals surface area contributed by atoms with Gasteiger partial charge in [-0.15, -0.1) is 0 Å². The van der Waals surface area contributed by atoms with Gasteiger partial charge in [0.25, 0.3) is 0 Å². The maximum atomic E-state index is 11.0. The Labute approximate surface area is 86.6 Å². The van der Waals surface area contributed by atoms with Gasteiger partial charge in [0, 0.05) is 0 Å². The van der Waals surface area contributed by atoms with Crippen molar-refractivity contribution in [3.8, 4) is 0 Å². The Bertz CT molecular complexity index is 339. The van der Waals surface area contributed by atoms with E-state index in [-0.39, 0.29) is 11.8 Å². The van der Waals surface area contributed by atoms with E-state index < -0.39 is 23.8 Å². The first kappa shape index (κ1) is 8.95. The van der Waals surface area contributed by atoms with Crippen molar-refractivity contribution in [1.82, 2.24) is 0 Å². The molecule has 0 heterocycles. The van der Waals surface area contributed by atoms with Crippen LogP contribution in [0.3, 0.4) is 0 Å². The second-order valence-electron chi connectivity index (χ2n) is 4.83. The number of hydrogen-bond acceptors (Lipinski definition) is 2. The molecule has 2 fully saturated rings. The summed E-state index contributed by atoms with van der Waals surface area (Å²) in [4.78, 5) is 22.1. The molecule has 0 aliphatic heterocycles. The van der Waals surface area contributed by atoms with E-state index in [0.717, 1.165) is 6.42 Å². The van der Waals surface area contributed by atoms with Gasteiger partial charge in [-0.05, 0) is 30.1 Å². The van der Waals surface area contributed by atoms with Crippen LogP contribution in [0.2, 0.25) is 0 Å². The van der Waals surface area contributed by atoms with E-state index in [1.165, 1.54) is 0 Å². The number of rotatable bonds is 2. The molecule has 0 radical (unpaired) electrons. The highest BCUT2D eigenvalue weighted by atomic mass is 16.4. The molecule has 80 valence electrons. The van der Waals surface area contributed by atoms with E-state index in [1.807, 2.05) is 0 Å². The maximum Gasteiger partial charge on any atom is 0.307 e. The Balaban J connectivity index is 1.94. The van der Waals surface area contributed by atoms with Crippen LogP contribution in [-0.4, -0.2) is 22.2 Å². The number of carboxylic acids is 2. The van der Waals surface area contributed by atoms with Crippen molar-refractivity contribution >= 4 is 11.9 Å². The summed E-state index contributed by atoms with van der Waals surface area (Å²) in [5.74, 6) is -2.40. The third-order valence-corrected chi connectivity index (χ3v) is 4.37. The Kier molecular flexibility index (Phi) is 1.56. The molecule has 2 N–H and O–H groups in total. The fraction of sp³-hybridized carbons (Fsp3) is 0.636. The SMILES string of the molecule is O=C(O)[C@@H]1C2C3C=CC(C3)C2[C@H]1C(=O)O. The van der Waals surface area contributed by atoms with Gasteiger partial charge in [0.15, 0.2) is 0 Å². The molecular weight excluding hydrogens is 196 g/mol. The van der Waals surface area contributed by atoms with Gasteiger partial charge in [-0.3, -0.25) is 9.59 Å². The zero-order chi connectivity index (χ0) is 10.7. The van der Waals surface area contributed by atoms with Gasteiger partial charge in [-0.2, -0.15) is 0 Å². The summed E-state index contributed by atoms with van der Waals surface area (Å²) in [6, 6.07) is 0. The van der Waals surface area contributed by atoms with E-state index >= 15 is 0 Å². The molecule has 2 bridgehead atoms. The molecule has 3 rings (SSSR count). The molecule has 0 saturated heterocycles. The Morgan fingerprint density at radius 2 is 1.33 bits per heavy atom. The molecule has 4 unspecified atom stereocenters. The zero-order valence-electron chi connectivity index (χ0n) is 8.04. The quantitative estimate of drug-likeness (QED) is 0.659. The Hall–Kier alpha value is -1.32. The van der Waals surface area contributed by atoms with Crippen LogP contribution in [0.5, 0.6) is 0 Å². The van der Waals surface area contributed by atoms with Gasteiger partial charge in [-0.25, -0.2) is 0 Å². The largest absolute Gasteiger partial charge is 0.481 e. The smallest absolute Gasteiger partial charge is 0.307 e. The highest BCUT2D eigenvalue weighted by molar-refractivity contribution is 5.83. The van der Waals surface area contributed by atoms with E-state index in [2.05, 4.69) is 12.2 Å². The normalized spacial score (nSPS) is 49.9. The van der Waals surface area contributed by atoms with Crippen molar-refractivity contribution < 1.29 is 19.8 Å². The van der Waals surface area contributed by atoms with E-state index in [1.54, 1.807) is 0 Å². The number of hydrogen-bond donors (Lipinski definition) is 2. The maximum absolute atomic E-state index is 11.0. The molecule has 0 aromatic heterocycles. The number of fused-ring (bicyclic) bond motifs is 5. The second-order valence-corrected chi connectivity index (χ2v) is 4.83. The van der Waals surface area contributed by atoms with Gasteiger partial charge in [0.05, 0.1) is 11.8 Å². The molecule has 4 heteroatoms. The molecule has 0 spiro atoms. The van der Waals surface area contributed by atoms with Gasteiger partial charge in [-0.1, -0.05) is 12.2 Å². The van der Waals surface area contributed by atoms with Crippen LogP contribution >= 0.6 is 0 Å². The van der Waals surface area contributed by atoms with Crippen LogP contribution in [0.1, 0.15) is 6.42 Å². The number of allylic oxidation sites excluding steroid dienone is 2. The van der Waals surface area contributed by atoms with Crippen molar-refractivity contribution in [2.75, 3.05) is 0 Å². The van der Waals surface area contributed by atoms with Gasteiger partial charge < -0.3 is 10.2 Å². The second kappa shape index (κ2) is 2.62.